The Morgan fingerprint density at radius 3 is 2.55 bits per heavy atom. The predicted octanol–water partition coefficient (Wildman–Crippen LogP) is 6.31. The van der Waals surface area contributed by atoms with Crippen LogP contribution in [0.1, 0.15) is 60.9 Å². The highest BCUT2D eigenvalue weighted by Gasteiger charge is 2.26. The molecule has 1 aliphatic carbocycles. The molecule has 5 rings (SSSR count). The van der Waals surface area contributed by atoms with Crippen molar-refractivity contribution in [3.05, 3.63) is 58.9 Å². The average Bonchev–Trinajstić information content (AvgIpc) is 3.36. The Kier molecular flexibility index (Phi) is 4.42. The van der Waals surface area contributed by atoms with Crippen LogP contribution in [0.3, 0.4) is 0 Å². The fraction of sp³-hybridized carbons (Fsp3) is 0.385. The van der Waals surface area contributed by atoms with Gasteiger partial charge >= 0.3 is 0 Å². The lowest BCUT2D eigenvalue weighted by atomic mass is 9.91. The molecule has 4 aromatic rings. The summed E-state index contributed by atoms with van der Waals surface area (Å²) in [5.74, 6) is 0.693. The highest BCUT2D eigenvalue weighted by molar-refractivity contribution is 6.08. The van der Waals surface area contributed by atoms with Crippen LogP contribution in [0.2, 0.25) is 0 Å². The van der Waals surface area contributed by atoms with Crippen LogP contribution >= 0.6 is 0 Å². The van der Waals surface area contributed by atoms with Gasteiger partial charge < -0.3 is 4.42 Å². The van der Waals surface area contributed by atoms with Crippen LogP contribution in [0.4, 0.5) is 0 Å². The first-order valence-electron chi connectivity index (χ1n) is 10.9. The third kappa shape index (κ3) is 2.95. The van der Waals surface area contributed by atoms with E-state index in [0.29, 0.717) is 5.92 Å². The largest absolute Gasteiger partial charge is 0.437 e. The topological polar surface area (TPSA) is 29.9 Å². The molecule has 0 bridgehead atoms. The maximum atomic E-state index is 6.39. The molecule has 148 valence electrons. The summed E-state index contributed by atoms with van der Waals surface area (Å²) in [4.78, 5) is 4.74. The number of hydrogen-bond donors (Lipinski definition) is 0. The van der Waals surface area contributed by atoms with Gasteiger partial charge in [-0.15, -0.1) is 0 Å². The molecular weight excluding hydrogens is 356 g/mol. The number of aryl methyl sites for hydroxylation is 4. The van der Waals surface area contributed by atoms with Gasteiger partial charge in [-0.1, -0.05) is 31.9 Å². The molecule has 3 aromatic heterocycles. The van der Waals surface area contributed by atoms with E-state index in [0.717, 1.165) is 34.2 Å². The molecule has 3 heteroatoms. The maximum Gasteiger partial charge on any atom is 0.227 e. The van der Waals surface area contributed by atoms with Crippen molar-refractivity contribution in [1.29, 1.82) is 0 Å². The summed E-state index contributed by atoms with van der Waals surface area (Å²) in [6.45, 7) is 6.56. The number of hydrogen-bond acceptors (Lipinski definition) is 2. The molecule has 1 saturated carbocycles. The second kappa shape index (κ2) is 6.98. The van der Waals surface area contributed by atoms with E-state index in [-0.39, 0.29) is 0 Å². The van der Waals surface area contributed by atoms with Gasteiger partial charge in [0, 0.05) is 28.1 Å². The normalized spacial score (nSPS) is 15.0. The minimum Gasteiger partial charge on any atom is -0.437 e. The lowest BCUT2D eigenvalue weighted by molar-refractivity contribution is -0.660. The first-order valence-corrected chi connectivity index (χ1v) is 10.9. The van der Waals surface area contributed by atoms with Crippen molar-refractivity contribution in [1.82, 2.24) is 4.98 Å². The average molecular weight is 386 g/mol. The van der Waals surface area contributed by atoms with Crippen molar-refractivity contribution < 1.29 is 8.98 Å². The first kappa shape index (κ1) is 18.4. The maximum absolute atomic E-state index is 6.39. The zero-order valence-electron chi connectivity index (χ0n) is 17.9. The zero-order valence-corrected chi connectivity index (χ0v) is 17.9. The summed E-state index contributed by atoms with van der Waals surface area (Å²) in [5.41, 5.74) is 9.34. The summed E-state index contributed by atoms with van der Waals surface area (Å²) in [7, 11) is 2.15. The van der Waals surface area contributed by atoms with Gasteiger partial charge in [0.05, 0.1) is 5.56 Å². The number of fused-ring (bicyclic) bond motifs is 3. The lowest BCUT2D eigenvalue weighted by Crippen LogP contribution is -2.32. The molecule has 1 fully saturated rings. The van der Waals surface area contributed by atoms with E-state index in [2.05, 4.69) is 68.9 Å². The van der Waals surface area contributed by atoms with E-state index in [1.54, 1.807) is 0 Å². The monoisotopic (exact) mass is 385 g/mol. The highest BCUT2D eigenvalue weighted by Crippen LogP contribution is 2.40. The molecule has 0 N–H and O–H groups in total. The molecule has 0 spiro atoms. The van der Waals surface area contributed by atoms with E-state index in [1.165, 1.54) is 53.6 Å². The Hall–Kier alpha value is -2.68. The SMILES string of the molecule is CCc1ccc2c(n1)oc1c(-c3cc(C4CCCC4)c(C)c[n+]3C)c(C)ccc12. The van der Waals surface area contributed by atoms with Gasteiger partial charge in [0.2, 0.25) is 11.4 Å². The Balaban J connectivity index is 1.78. The molecule has 0 unspecified atom stereocenters. The Morgan fingerprint density at radius 1 is 1.03 bits per heavy atom. The van der Waals surface area contributed by atoms with Gasteiger partial charge in [-0.3, -0.25) is 0 Å². The number of furan rings is 1. The molecule has 0 atom stereocenters. The van der Waals surface area contributed by atoms with Gasteiger partial charge in [0.1, 0.15) is 7.05 Å². The Bertz CT molecular complexity index is 1230. The van der Waals surface area contributed by atoms with Crippen LogP contribution in [0, 0.1) is 13.8 Å². The Labute approximate surface area is 172 Å². The zero-order chi connectivity index (χ0) is 20.1. The van der Waals surface area contributed by atoms with Crippen molar-refractivity contribution in [3.63, 3.8) is 0 Å². The van der Waals surface area contributed by atoms with E-state index >= 15 is 0 Å². The number of nitrogens with zero attached hydrogens (tertiary/aromatic N) is 2. The van der Waals surface area contributed by atoms with E-state index in [9.17, 15) is 0 Å². The number of aromatic nitrogens is 2. The van der Waals surface area contributed by atoms with Crippen LogP contribution in [-0.2, 0) is 13.5 Å². The predicted molar refractivity (Wildman–Crippen MR) is 118 cm³/mol. The summed E-state index contributed by atoms with van der Waals surface area (Å²) >= 11 is 0. The molecule has 0 amide bonds. The van der Waals surface area contributed by atoms with Crippen molar-refractivity contribution in [3.8, 4) is 11.3 Å². The number of rotatable bonds is 3. The van der Waals surface area contributed by atoms with Crippen molar-refractivity contribution in [2.45, 2.75) is 58.8 Å². The Morgan fingerprint density at radius 2 is 1.79 bits per heavy atom. The molecule has 0 aliphatic heterocycles. The van der Waals surface area contributed by atoms with Crippen molar-refractivity contribution in [2.75, 3.05) is 0 Å². The quantitative estimate of drug-likeness (QED) is 0.387. The van der Waals surface area contributed by atoms with Crippen LogP contribution in [0.5, 0.6) is 0 Å². The smallest absolute Gasteiger partial charge is 0.227 e. The van der Waals surface area contributed by atoms with E-state index in [1.807, 2.05) is 0 Å². The first-order chi connectivity index (χ1) is 14.1. The number of pyridine rings is 2. The standard InChI is InChI=1S/C26H29N2O/c1-5-19-11-13-21-20-12-10-16(2)24(25(20)29-26(21)27-19)23-14-22(17(3)15-28(23)4)18-8-6-7-9-18/h10-15,18H,5-9H2,1-4H3/q+1. The summed E-state index contributed by atoms with van der Waals surface area (Å²) in [5, 5.41) is 2.25. The summed E-state index contributed by atoms with van der Waals surface area (Å²) in [6, 6.07) is 11.1. The third-order valence-electron chi connectivity index (χ3n) is 6.70. The van der Waals surface area contributed by atoms with Gasteiger partial charge in [-0.25, -0.2) is 9.55 Å². The van der Waals surface area contributed by atoms with Crippen LogP contribution in [-0.4, -0.2) is 4.98 Å². The number of benzene rings is 1. The second-order valence-corrected chi connectivity index (χ2v) is 8.63. The molecule has 3 heterocycles. The van der Waals surface area contributed by atoms with Gasteiger partial charge in [0.25, 0.3) is 0 Å². The van der Waals surface area contributed by atoms with E-state index < -0.39 is 0 Å². The molecule has 1 aromatic carbocycles. The van der Waals surface area contributed by atoms with Crippen LogP contribution in [0.15, 0.2) is 40.9 Å². The molecule has 29 heavy (non-hydrogen) atoms. The second-order valence-electron chi connectivity index (χ2n) is 8.63. The van der Waals surface area contributed by atoms with Gasteiger partial charge in [-0.05, 0) is 62.3 Å². The molecule has 0 radical (unpaired) electrons. The summed E-state index contributed by atoms with van der Waals surface area (Å²) < 4.78 is 8.65. The van der Waals surface area contributed by atoms with Crippen LogP contribution in [0.25, 0.3) is 33.3 Å². The molecule has 3 nitrogen and oxygen atoms in total. The van der Waals surface area contributed by atoms with Gasteiger partial charge in [0.15, 0.2) is 11.8 Å². The minimum absolute atomic E-state index is 0.693. The van der Waals surface area contributed by atoms with Crippen molar-refractivity contribution in [2.24, 2.45) is 7.05 Å². The highest BCUT2D eigenvalue weighted by atomic mass is 16.3. The molecule has 0 saturated heterocycles. The molecule has 1 aliphatic rings. The third-order valence-corrected chi connectivity index (χ3v) is 6.70. The van der Waals surface area contributed by atoms with E-state index in [4.69, 9.17) is 9.40 Å². The minimum atomic E-state index is 0.693. The summed E-state index contributed by atoms with van der Waals surface area (Å²) in [6.07, 6.45) is 8.53. The molecular formula is C26H29N2O+. The van der Waals surface area contributed by atoms with Gasteiger partial charge in [-0.2, -0.15) is 0 Å². The van der Waals surface area contributed by atoms with Crippen LogP contribution < -0.4 is 4.57 Å². The van der Waals surface area contributed by atoms with Crippen molar-refractivity contribution >= 4 is 22.1 Å². The fourth-order valence-electron chi connectivity index (χ4n) is 5.10. The lowest BCUT2D eigenvalue weighted by Gasteiger charge is -2.14. The fourth-order valence-corrected chi connectivity index (χ4v) is 5.10.